The van der Waals surface area contributed by atoms with Gasteiger partial charge in [-0.05, 0) is 42.2 Å². The molecule has 5 heteroatoms. The number of nitrogens with zero attached hydrogens (tertiary/aromatic N) is 3. The summed E-state index contributed by atoms with van der Waals surface area (Å²) < 4.78 is 0. The van der Waals surface area contributed by atoms with Gasteiger partial charge in [0.2, 0.25) is 5.95 Å². The van der Waals surface area contributed by atoms with Gasteiger partial charge < -0.3 is 10.6 Å². The van der Waals surface area contributed by atoms with Crippen LogP contribution in [0, 0.1) is 6.92 Å². The quantitative estimate of drug-likeness (QED) is 0.455. The largest absolute Gasteiger partial charge is 0.340 e. The zero-order valence-electron chi connectivity index (χ0n) is 16.3. The van der Waals surface area contributed by atoms with Crippen molar-refractivity contribution in [2.75, 3.05) is 10.6 Å². The summed E-state index contributed by atoms with van der Waals surface area (Å²) in [6.07, 6.45) is 3.54. The number of para-hydroxylation sites is 2. The second kappa shape index (κ2) is 7.64. The van der Waals surface area contributed by atoms with Crippen LogP contribution in [0.4, 0.5) is 23.1 Å². The lowest BCUT2D eigenvalue weighted by molar-refractivity contribution is 0.867. The Labute approximate surface area is 164 Å². The van der Waals surface area contributed by atoms with Crippen molar-refractivity contribution in [1.82, 2.24) is 15.0 Å². The van der Waals surface area contributed by atoms with E-state index in [1.54, 1.807) is 12.4 Å². The van der Waals surface area contributed by atoms with E-state index in [-0.39, 0.29) is 0 Å². The van der Waals surface area contributed by atoms with Crippen LogP contribution >= 0.6 is 0 Å². The van der Waals surface area contributed by atoms with Crippen LogP contribution in [0.5, 0.6) is 0 Å². The standard InChI is InChI=1S/C23H23N5/c1-15(2)18-10-4-7-16(3)21(18)27-20-12-14-25-23(28-20)26-19-11-5-8-17-9-6-13-24-22(17)19/h4-15H,1-3H3,(H2,25,26,27,28). The molecule has 4 rings (SSSR count). The van der Waals surface area contributed by atoms with Crippen LogP contribution in [-0.2, 0) is 0 Å². The van der Waals surface area contributed by atoms with Crippen LogP contribution in [0.25, 0.3) is 10.9 Å². The number of fused-ring (bicyclic) bond motifs is 1. The molecule has 0 aliphatic heterocycles. The molecule has 0 spiro atoms. The van der Waals surface area contributed by atoms with Crippen molar-refractivity contribution in [2.24, 2.45) is 0 Å². The van der Waals surface area contributed by atoms with Crippen molar-refractivity contribution < 1.29 is 0 Å². The van der Waals surface area contributed by atoms with Crippen molar-refractivity contribution in [3.05, 3.63) is 78.1 Å². The fourth-order valence-electron chi connectivity index (χ4n) is 3.28. The smallest absolute Gasteiger partial charge is 0.229 e. The number of hydrogen-bond donors (Lipinski definition) is 2. The third-order valence-electron chi connectivity index (χ3n) is 4.71. The molecule has 28 heavy (non-hydrogen) atoms. The van der Waals surface area contributed by atoms with Gasteiger partial charge in [0, 0.05) is 23.5 Å². The molecule has 0 saturated carbocycles. The maximum absolute atomic E-state index is 4.65. The highest BCUT2D eigenvalue weighted by atomic mass is 15.1. The third kappa shape index (κ3) is 3.64. The van der Waals surface area contributed by atoms with Gasteiger partial charge in [0.05, 0.1) is 11.2 Å². The fraction of sp³-hybridized carbons (Fsp3) is 0.174. The first-order valence-corrected chi connectivity index (χ1v) is 9.42. The average molecular weight is 369 g/mol. The SMILES string of the molecule is Cc1cccc(C(C)C)c1Nc1ccnc(Nc2cccc3cccnc23)n1. The van der Waals surface area contributed by atoms with Crippen molar-refractivity contribution in [2.45, 2.75) is 26.7 Å². The predicted molar refractivity (Wildman–Crippen MR) is 116 cm³/mol. The maximum Gasteiger partial charge on any atom is 0.229 e. The molecule has 0 amide bonds. The Hall–Kier alpha value is -3.47. The Bertz CT molecular complexity index is 1120. The number of nitrogens with one attached hydrogen (secondary N) is 2. The molecule has 2 aromatic carbocycles. The van der Waals surface area contributed by atoms with E-state index < -0.39 is 0 Å². The monoisotopic (exact) mass is 369 g/mol. The molecule has 4 aromatic rings. The average Bonchev–Trinajstić information content (AvgIpc) is 2.70. The van der Waals surface area contributed by atoms with E-state index in [9.17, 15) is 0 Å². The van der Waals surface area contributed by atoms with E-state index >= 15 is 0 Å². The summed E-state index contributed by atoms with van der Waals surface area (Å²) in [4.78, 5) is 13.5. The van der Waals surface area contributed by atoms with Gasteiger partial charge in [-0.3, -0.25) is 4.98 Å². The molecule has 2 N–H and O–H groups in total. The fourth-order valence-corrected chi connectivity index (χ4v) is 3.28. The summed E-state index contributed by atoms with van der Waals surface area (Å²) >= 11 is 0. The Morgan fingerprint density at radius 1 is 0.821 bits per heavy atom. The van der Waals surface area contributed by atoms with E-state index in [0.717, 1.165) is 28.1 Å². The number of benzene rings is 2. The van der Waals surface area contributed by atoms with Crippen LogP contribution in [-0.4, -0.2) is 15.0 Å². The molecular weight excluding hydrogens is 346 g/mol. The van der Waals surface area contributed by atoms with Gasteiger partial charge >= 0.3 is 0 Å². The Morgan fingerprint density at radius 3 is 2.50 bits per heavy atom. The molecule has 0 bridgehead atoms. The number of hydrogen-bond acceptors (Lipinski definition) is 5. The normalized spacial score (nSPS) is 11.0. The van der Waals surface area contributed by atoms with Crippen molar-refractivity contribution in [3.8, 4) is 0 Å². The highest BCUT2D eigenvalue weighted by molar-refractivity contribution is 5.91. The molecule has 0 aliphatic rings. The molecular formula is C23H23N5. The molecule has 0 fully saturated rings. The first kappa shape index (κ1) is 17.9. The molecule has 0 radical (unpaired) electrons. The van der Waals surface area contributed by atoms with Crippen LogP contribution in [0.15, 0.2) is 67.0 Å². The van der Waals surface area contributed by atoms with Gasteiger partial charge in [-0.25, -0.2) is 4.98 Å². The number of aryl methyl sites for hydroxylation is 1. The predicted octanol–water partition coefficient (Wildman–Crippen LogP) is 5.94. The number of rotatable bonds is 5. The molecule has 140 valence electrons. The van der Waals surface area contributed by atoms with E-state index in [4.69, 9.17) is 0 Å². The summed E-state index contributed by atoms with van der Waals surface area (Å²) in [6.45, 7) is 6.50. The van der Waals surface area contributed by atoms with Crippen molar-refractivity contribution >= 4 is 34.0 Å². The zero-order chi connectivity index (χ0) is 19.5. The maximum atomic E-state index is 4.65. The molecule has 2 heterocycles. The Balaban J connectivity index is 1.64. The van der Waals surface area contributed by atoms with Crippen LogP contribution in [0.1, 0.15) is 30.9 Å². The summed E-state index contributed by atoms with van der Waals surface area (Å²) in [7, 11) is 0. The molecule has 0 saturated heterocycles. The lowest BCUT2D eigenvalue weighted by Gasteiger charge is -2.17. The van der Waals surface area contributed by atoms with Crippen LogP contribution in [0.2, 0.25) is 0 Å². The van der Waals surface area contributed by atoms with Crippen LogP contribution < -0.4 is 10.6 Å². The minimum Gasteiger partial charge on any atom is -0.340 e. The number of anilines is 4. The number of pyridine rings is 1. The van der Waals surface area contributed by atoms with Crippen molar-refractivity contribution in [1.29, 1.82) is 0 Å². The zero-order valence-corrected chi connectivity index (χ0v) is 16.3. The first-order chi connectivity index (χ1) is 13.6. The van der Waals surface area contributed by atoms with Crippen molar-refractivity contribution in [3.63, 3.8) is 0 Å². The summed E-state index contributed by atoms with van der Waals surface area (Å²) in [5.41, 5.74) is 5.35. The minimum atomic E-state index is 0.420. The molecule has 0 aliphatic carbocycles. The van der Waals surface area contributed by atoms with Gasteiger partial charge in [0.25, 0.3) is 0 Å². The Kier molecular flexibility index (Phi) is 4.89. The second-order valence-corrected chi connectivity index (χ2v) is 7.09. The summed E-state index contributed by atoms with van der Waals surface area (Å²) in [6, 6.07) is 18.2. The van der Waals surface area contributed by atoms with Gasteiger partial charge in [-0.15, -0.1) is 0 Å². The first-order valence-electron chi connectivity index (χ1n) is 9.42. The second-order valence-electron chi connectivity index (χ2n) is 7.09. The summed E-state index contributed by atoms with van der Waals surface area (Å²) in [5, 5.41) is 7.85. The lowest BCUT2D eigenvalue weighted by atomic mass is 9.98. The molecule has 0 atom stereocenters. The summed E-state index contributed by atoms with van der Waals surface area (Å²) in [5.74, 6) is 1.70. The topological polar surface area (TPSA) is 62.7 Å². The van der Waals surface area contributed by atoms with Gasteiger partial charge in [0.15, 0.2) is 0 Å². The lowest BCUT2D eigenvalue weighted by Crippen LogP contribution is -2.04. The Morgan fingerprint density at radius 2 is 1.64 bits per heavy atom. The highest BCUT2D eigenvalue weighted by Crippen LogP contribution is 2.30. The van der Waals surface area contributed by atoms with Gasteiger partial charge in [-0.2, -0.15) is 4.98 Å². The molecule has 2 aromatic heterocycles. The van der Waals surface area contributed by atoms with E-state index in [0.29, 0.717) is 11.9 Å². The molecule has 0 unspecified atom stereocenters. The van der Waals surface area contributed by atoms with E-state index in [1.807, 2.05) is 36.4 Å². The molecule has 5 nitrogen and oxygen atoms in total. The van der Waals surface area contributed by atoms with Gasteiger partial charge in [-0.1, -0.05) is 50.2 Å². The van der Waals surface area contributed by atoms with Gasteiger partial charge in [0.1, 0.15) is 5.82 Å². The van der Waals surface area contributed by atoms with Crippen LogP contribution in [0.3, 0.4) is 0 Å². The third-order valence-corrected chi connectivity index (χ3v) is 4.71. The number of aromatic nitrogens is 3. The van der Waals surface area contributed by atoms with E-state index in [2.05, 4.69) is 64.6 Å². The van der Waals surface area contributed by atoms with E-state index in [1.165, 1.54) is 11.1 Å². The minimum absolute atomic E-state index is 0.420. The highest BCUT2D eigenvalue weighted by Gasteiger charge is 2.11.